The zero-order chi connectivity index (χ0) is 67.3. The van der Waals surface area contributed by atoms with Crippen LogP contribution in [0.3, 0.4) is 0 Å². The Balaban J connectivity index is 0.807. The summed E-state index contributed by atoms with van der Waals surface area (Å²) in [5.41, 5.74) is 11.2. The summed E-state index contributed by atoms with van der Waals surface area (Å²) in [4.78, 5) is 0. The van der Waals surface area contributed by atoms with Gasteiger partial charge in [0.05, 0.1) is 73.0 Å². The summed E-state index contributed by atoms with van der Waals surface area (Å²) in [6.07, 6.45) is 16.1. The Hall–Kier alpha value is -8.37. The van der Waals surface area contributed by atoms with Crippen molar-refractivity contribution in [1.29, 1.82) is 21.0 Å². The van der Waals surface area contributed by atoms with Gasteiger partial charge < -0.3 is 35.4 Å². The van der Waals surface area contributed by atoms with E-state index in [0.29, 0.717) is 48.7 Å². The van der Waals surface area contributed by atoms with E-state index in [1.54, 1.807) is 0 Å². The Morgan fingerprint density at radius 3 is 0.552 bits per heavy atom. The molecule has 16 heteroatoms. The lowest BCUT2D eigenvalue weighted by atomic mass is 10.0. The van der Waals surface area contributed by atoms with Crippen LogP contribution in [0.2, 0.25) is 50.4 Å². The molecule has 8 aromatic rings. The standard InChI is InChI=1S/C80H92N4O8Si4/c1-93(57-17-9-5-13-53-85-77-45-37-73(38-46-77)69-29-21-65(61-81)22-30-69)89-94(2,58-18-10-6-14-54-86-78-47-39-74(40-48-78)70-31-23-66(62-82)24-32-70)91-96(4,60-20-12-8-16-56-88-80-51-43-76(44-52-80)72-35-27-68(64-84)28-36-72)92-95(3,90-93)59-19-11-7-15-55-87-79-49-41-75(42-50-79)71-33-25-67(63-83)26-34-71/h21-52H,5-20,53-60H2,1-4H3. The van der Waals surface area contributed by atoms with E-state index in [0.717, 1.165) is 194 Å². The second-order valence-electron chi connectivity index (χ2n) is 25.8. The fourth-order valence-electron chi connectivity index (χ4n) is 12.6. The third-order valence-electron chi connectivity index (χ3n) is 17.7. The van der Waals surface area contributed by atoms with Gasteiger partial charge in [0.2, 0.25) is 0 Å². The largest absolute Gasteiger partial charge is 0.494 e. The predicted octanol–water partition coefficient (Wildman–Crippen LogP) is 21.1. The van der Waals surface area contributed by atoms with Gasteiger partial charge in [0.15, 0.2) is 0 Å². The smallest absolute Gasteiger partial charge is 0.317 e. The molecule has 0 unspecified atom stereocenters. The molecule has 496 valence electrons. The van der Waals surface area contributed by atoms with Crippen molar-refractivity contribution in [2.45, 2.75) is 153 Å². The van der Waals surface area contributed by atoms with Gasteiger partial charge in [0.1, 0.15) is 23.0 Å². The highest BCUT2D eigenvalue weighted by molar-refractivity contribution is 6.93. The van der Waals surface area contributed by atoms with Crippen molar-refractivity contribution in [3.63, 3.8) is 0 Å². The van der Waals surface area contributed by atoms with Crippen molar-refractivity contribution in [2.24, 2.45) is 0 Å². The van der Waals surface area contributed by atoms with Gasteiger partial charge in [-0.1, -0.05) is 174 Å². The molecule has 0 bridgehead atoms. The molecule has 8 aromatic carbocycles. The zero-order valence-corrected chi connectivity index (χ0v) is 60.5. The molecular formula is C80H92N4O8Si4. The normalized spacial score (nSPS) is 18.3. The van der Waals surface area contributed by atoms with Gasteiger partial charge in [-0.25, -0.2) is 0 Å². The van der Waals surface area contributed by atoms with E-state index in [9.17, 15) is 21.0 Å². The summed E-state index contributed by atoms with van der Waals surface area (Å²) in [5, 5.41) is 36.9. The molecule has 0 N–H and O–H groups in total. The van der Waals surface area contributed by atoms with Crippen LogP contribution in [0.5, 0.6) is 23.0 Å². The number of hydrogen-bond acceptors (Lipinski definition) is 12. The fourth-order valence-corrected chi connectivity index (χ4v) is 36.2. The van der Waals surface area contributed by atoms with Crippen LogP contribution >= 0.6 is 0 Å². The van der Waals surface area contributed by atoms with E-state index < -0.39 is 34.2 Å². The van der Waals surface area contributed by atoms with Gasteiger partial charge in [0.25, 0.3) is 0 Å². The van der Waals surface area contributed by atoms with Crippen molar-refractivity contribution < 1.29 is 35.4 Å². The van der Waals surface area contributed by atoms with Crippen LogP contribution < -0.4 is 18.9 Å². The Bertz CT molecular complexity index is 3320. The minimum absolute atomic E-state index is 0.643. The van der Waals surface area contributed by atoms with Crippen molar-refractivity contribution in [2.75, 3.05) is 26.4 Å². The SMILES string of the molecule is C[Si]1(CCCCCCOc2ccc(-c3ccc(C#N)cc3)cc2)O[Si](C)(CCCCCCOc2ccc(-c3ccc(C#N)cc3)cc2)O[Si](C)(CCCCCCOc2ccc(-c3ccc(C#N)cc3)cc2)O[Si](C)(CCCCCCOc2ccc(-c3ccc(C#N)cc3)cc2)O1. The molecule has 0 atom stereocenters. The van der Waals surface area contributed by atoms with Crippen LogP contribution in [0, 0.1) is 45.3 Å². The van der Waals surface area contributed by atoms with Crippen molar-refractivity contribution in [3.8, 4) is 91.8 Å². The summed E-state index contributed by atoms with van der Waals surface area (Å²) in [6, 6.07) is 75.7. The molecule has 0 aliphatic carbocycles. The Kier molecular flexibility index (Phi) is 27.5. The molecular weight excluding hydrogens is 1260 g/mol. The summed E-state index contributed by atoms with van der Waals surface area (Å²) in [5.74, 6) is 3.41. The van der Waals surface area contributed by atoms with Crippen LogP contribution in [0.25, 0.3) is 44.5 Å². The number of nitrogens with zero attached hydrogens (tertiary/aromatic N) is 4. The highest BCUT2D eigenvalue weighted by Gasteiger charge is 2.56. The van der Waals surface area contributed by atoms with Crippen LogP contribution in [0.4, 0.5) is 0 Å². The number of benzene rings is 8. The Morgan fingerprint density at radius 1 is 0.229 bits per heavy atom. The monoisotopic (exact) mass is 1350 g/mol. The lowest BCUT2D eigenvalue weighted by Gasteiger charge is -2.50. The molecule has 96 heavy (non-hydrogen) atoms. The maximum absolute atomic E-state index is 9.23. The Morgan fingerprint density at radius 2 is 0.385 bits per heavy atom. The maximum atomic E-state index is 9.23. The predicted molar refractivity (Wildman–Crippen MR) is 392 cm³/mol. The molecule has 12 nitrogen and oxygen atoms in total. The second-order valence-corrected chi connectivity index (χ2v) is 40.2. The second kappa shape index (κ2) is 36.7. The number of unbranched alkanes of at least 4 members (excludes halogenated alkanes) is 12. The fraction of sp³-hybridized carbons (Fsp3) is 0.350. The minimum atomic E-state index is -2.86. The van der Waals surface area contributed by atoms with Crippen LogP contribution in [-0.4, -0.2) is 60.7 Å². The van der Waals surface area contributed by atoms with E-state index in [2.05, 4.69) is 99.0 Å². The third-order valence-corrected chi connectivity index (χ3v) is 36.6. The van der Waals surface area contributed by atoms with E-state index in [-0.39, 0.29) is 0 Å². The van der Waals surface area contributed by atoms with E-state index in [1.807, 2.05) is 146 Å². The first-order valence-corrected chi connectivity index (χ1v) is 44.6. The molecule has 0 aromatic heterocycles. The van der Waals surface area contributed by atoms with E-state index in [4.69, 9.17) is 35.4 Å². The number of hydrogen-bond donors (Lipinski definition) is 0. The third kappa shape index (κ3) is 22.9. The Labute approximate surface area is 574 Å². The van der Waals surface area contributed by atoms with Gasteiger partial charge in [-0.05, 0) is 218 Å². The van der Waals surface area contributed by atoms with Gasteiger partial charge in [-0.3, -0.25) is 0 Å². The van der Waals surface area contributed by atoms with E-state index >= 15 is 0 Å². The number of nitriles is 4. The minimum Gasteiger partial charge on any atom is -0.494 e. The molecule has 9 rings (SSSR count). The molecule has 0 saturated carbocycles. The van der Waals surface area contributed by atoms with Gasteiger partial charge in [-0.2, -0.15) is 21.0 Å². The van der Waals surface area contributed by atoms with Gasteiger partial charge >= 0.3 is 34.2 Å². The average Bonchev–Trinajstić information content (AvgIpc) is 2.07. The van der Waals surface area contributed by atoms with Crippen molar-refractivity contribution >= 4 is 34.2 Å². The van der Waals surface area contributed by atoms with Crippen LogP contribution in [0.1, 0.15) is 125 Å². The number of ether oxygens (including phenoxy) is 4. The first kappa shape index (κ1) is 71.9. The molecule has 0 spiro atoms. The maximum Gasteiger partial charge on any atom is 0.317 e. The van der Waals surface area contributed by atoms with Crippen LogP contribution in [0.15, 0.2) is 194 Å². The summed E-state index contributed by atoms with van der Waals surface area (Å²) < 4.78 is 55.7. The summed E-state index contributed by atoms with van der Waals surface area (Å²) in [7, 11) is -11.4. The zero-order valence-electron chi connectivity index (χ0n) is 56.5. The van der Waals surface area contributed by atoms with Crippen LogP contribution in [-0.2, 0) is 16.5 Å². The highest BCUT2D eigenvalue weighted by atomic mass is 28.5. The molecule has 1 aliphatic heterocycles. The van der Waals surface area contributed by atoms with Gasteiger partial charge in [0, 0.05) is 0 Å². The summed E-state index contributed by atoms with van der Waals surface area (Å²) in [6.45, 7) is 11.8. The summed E-state index contributed by atoms with van der Waals surface area (Å²) >= 11 is 0. The average molecular weight is 1350 g/mol. The van der Waals surface area contributed by atoms with Gasteiger partial charge in [-0.15, -0.1) is 0 Å². The highest BCUT2D eigenvalue weighted by Crippen LogP contribution is 2.40. The molecule has 1 saturated heterocycles. The first-order valence-electron chi connectivity index (χ1n) is 34.5. The molecule has 0 amide bonds. The quantitative estimate of drug-likeness (QED) is 0.0269. The van der Waals surface area contributed by atoms with Crippen molar-refractivity contribution in [1.82, 2.24) is 0 Å². The number of rotatable bonds is 36. The topological polar surface area (TPSA) is 169 Å². The molecule has 1 aliphatic rings. The lowest BCUT2D eigenvalue weighted by Crippen LogP contribution is -2.67. The van der Waals surface area contributed by atoms with E-state index in [1.165, 1.54) is 0 Å². The lowest BCUT2D eigenvalue weighted by molar-refractivity contribution is 0.219. The first-order chi connectivity index (χ1) is 46.7. The molecule has 1 heterocycles. The van der Waals surface area contributed by atoms with Crippen molar-refractivity contribution in [3.05, 3.63) is 216 Å². The molecule has 1 fully saturated rings. The molecule has 0 radical (unpaired) electrons.